The number of nitrogens with zero attached hydrogens (tertiary/aromatic N) is 1. The summed E-state index contributed by atoms with van der Waals surface area (Å²) in [5.41, 5.74) is 1.74. The van der Waals surface area contributed by atoms with E-state index < -0.39 is 29.2 Å². The number of aromatic hydroxyl groups is 2. The fourth-order valence-electron chi connectivity index (χ4n) is 6.36. The van der Waals surface area contributed by atoms with E-state index in [-0.39, 0.29) is 48.3 Å². The molecule has 6 rings (SSSR count). The smallest absolute Gasteiger partial charge is 0.340 e. The van der Waals surface area contributed by atoms with E-state index >= 15 is 0 Å². The number of benzene rings is 4. The van der Waals surface area contributed by atoms with Gasteiger partial charge in [0.15, 0.2) is 17.3 Å². The number of Topliss-reactive ketones (excluding diaryl/α,β-unsaturated/α-hetero) is 1. The highest BCUT2D eigenvalue weighted by molar-refractivity contribution is 6.09. The highest BCUT2D eigenvalue weighted by Gasteiger charge is 2.53. The van der Waals surface area contributed by atoms with Crippen molar-refractivity contribution in [2.75, 3.05) is 11.9 Å². The molecule has 268 valence electrons. The molecular weight excluding hydrogens is 678 g/mol. The summed E-state index contributed by atoms with van der Waals surface area (Å²) in [5, 5.41) is 35.1. The third kappa shape index (κ3) is 7.63. The van der Waals surface area contributed by atoms with Gasteiger partial charge >= 0.3 is 5.97 Å². The van der Waals surface area contributed by atoms with E-state index in [0.29, 0.717) is 59.6 Å². The minimum Gasteiger partial charge on any atom is -0.508 e. The molecule has 12 nitrogen and oxygen atoms in total. The topological polar surface area (TPSA) is 184 Å². The molecule has 12 heteroatoms. The molecule has 1 atom stereocenters. The Morgan fingerprint density at radius 1 is 0.868 bits per heavy atom. The molecule has 4 aromatic carbocycles. The van der Waals surface area contributed by atoms with Crippen molar-refractivity contribution in [1.82, 2.24) is 5.32 Å². The Hall–Kier alpha value is -6.79. The van der Waals surface area contributed by atoms with Crippen molar-refractivity contribution in [3.8, 4) is 47.2 Å². The van der Waals surface area contributed by atoms with E-state index in [1.165, 1.54) is 24.3 Å². The molecular formula is C41H35N3O9. The zero-order valence-corrected chi connectivity index (χ0v) is 28.5. The van der Waals surface area contributed by atoms with Gasteiger partial charge in [0, 0.05) is 60.3 Å². The second-order valence-electron chi connectivity index (χ2n) is 12.6. The predicted molar refractivity (Wildman–Crippen MR) is 191 cm³/mol. The SMILES string of the molecule is C#CCCC(=O)C(C#N)C(=O)Nc1ccc(OCCCCCC(=O)NCc2ccc3c(c2)C2(OC3=O)c3ccc(O)cc3Oc3cc(O)ccc32)cc1. The van der Waals surface area contributed by atoms with Crippen LogP contribution in [0.1, 0.15) is 71.1 Å². The largest absolute Gasteiger partial charge is 0.508 e. The number of anilines is 1. The Bertz CT molecular complexity index is 2110. The number of amides is 2. The maximum Gasteiger partial charge on any atom is 0.340 e. The van der Waals surface area contributed by atoms with Crippen molar-refractivity contribution in [3.63, 3.8) is 0 Å². The first-order valence-corrected chi connectivity index (χ1v) is 17.0. The van der Waals surface area contributed by atoms with Crippen molar-refractivity contribution >= 4 is 29.3 Å². The number of fused-ring (bicyclic) bond motifs is 6. The molecule has 0 aromatic heterocycles. The Morgan fingerprint density at radius 3 is 2.23 bits per heavy atom. The average Bonchev–Trinajstić information content (AvgIpc) is 3.43. The lowest BCUT2D eigenvalue weighted by atomic mass is 9.77. The van der Waals surface area contributed by atoms with Gasteiger partial charge in [0.1, 0.15) is 28.7 Å². The van der Waals surface area contributed by atoms with Crippen LogP contribution in [0.25, 0.3) is 0 Å². The summed E-state index contributed by atoms with van der Waals surface area (Å²) in [6.45, 7) is 0.637. The highest BCUT2D eigenvalue weighted by Crippen LogP contribution is 2.57. The van der Waals surface area contributed by atoms with Crippen LogP contribution in [-0.2, 0) is 31.3 Å². The Balaban J connectivity index is 0.982. The third-order valence-corrected chi connectivity index (χ3v) is 9.00. The van der Waals surface area contributed by atoms with Crippen LogP contribution in [0.15, 0.2) is 78.9 Å². The van der Waals surface area contributed by atoms with E-state index in [1.807, 2.05) is 6.07 Å². The van der Waals surface area contributed by atoms with Gasteiger partial charge in [-0.25, -0.2) is 4.79 Å². The average molecular weight is 714 g/mol. The summed E-state index contributed by atoms with van der Waals surface area (Å²) in [5.74, 6) is 0.0653. The summed E-state index contributed by atoms with van der Waals surface area (Å²) in [7, 11) is 0. The Labute approximate surface area is 305 Å². The first kappa shape index (κ1) is 36.0. The van der Waals surface area contributed by atoms with Gasteiger partial charge in [0.25, 0.3) is 0 Å². The van der Waals surface area contributed by atoms with Gasteiger partial charge in [-0.2, -0.15) is 5.26 Å². The molecule has 2 aliphatic heterocycles. The first-order chi connectivity index (χ1) is 25.6. The lowest BCUT2D eigenvalue weighted by Gasteiger charge is -2.36. The zero-order valence-electron chi connectivity index (χ0n) is 28.5. The number of hydrogen-bond acceptors (Lipinski definition) is 10. The summed E-state index contributed by atoms with van der Waals surface area (Å²) in [4.78, 5) is 50.4. The molecule has 0 saturated heterocycles. The van der Waals surface area contributed by atoms with Gasteiger partial charge in [0.05, 0.1) is 18.2 Å². The van der Waals surface area contributed by atoms with Crippen LogP contribution in [-0.4, -0.2) is 40.4 Å². The number of phenols is 2. The monoisotopic (exact) mass is 713 g/mol. The van der Waals surface area contributed by atoms with E-state index in [4.69, 9.17) is 20.6 Å². The van der Waals surface area contributed by atoms with Crippen molar-refractivity contribution in [2.24, 2.45) is 5.92 Å². The second-order valence-corrected chi connectivity index (χ2v) is 12.6. The molecule has 0 bridgehead atoms. The van der Waals surface area contributed by atoms with Gasteiger partial charge in [0.2, 0.25) is 11.8 Å². The summed E-state index contributed by atoms with van der Waals surface area (Å²) in [6, 6.07) is 22.7. The first-order valence-electron chi connectivity index (χ1n) is 17.0. The number of nitrogens with one attached hydrogen (secondary N) is 2. The fourth-order valence-corrected chi connectivity index (χ4v) is 6.36. The molecule has 53 heavy (non-hydrogen) atoms. The Morgan fingerprint density at radius 2 is 1.57 bits per heavy atom. The number of unbranched alkanes of at least 4 members (excludes halogenated alkanes) is 2. The molecule has 0 aliphatic carbocycles. The van der Waals surface area contributed by atoms with Crippen LogP contribution in [0, 0.1) is 29.6 Å². The molecule has 4 N–H and O–H groups in total. The normalized spacial score (nSPS) is 13.5. The molecule has 1 unspecified atom stereocenters. The molecule has 4 aromatic rings. The lowest BCUT2D eigenvalue weighted by molar-refractivity contribution is -0.129. The molecule has 2 aliphatic rings. The van der Waals surface area contributed by atoms with Crippen LogP contribution >= 0.6 is 0 Å². The van der Waals surface area contributed by atoms with Crippen molar-refractivity contribution in [1.29, 1.82) is 5.26 Å². The number of ether oxygens (including phenoxy) is 3. The quantitative estimate of drug-likeness (QED) is 0.0525. The maximum atomic E-state index is 13.2. The van der Waals surface area contributed by atoms with E-state index in [2.05, 4.69) is 16.6 Å². The lowest BCUT2D eigenvalue weighted by Crippen LogP contribution is -2.33. The molecule has 2 heterocycles. The molecule has 0 radical (unpaired) electrons. The number of carbonyl (C=O) groups excluding carboxylic acids is 4. The number of rotatable bonds is 14. The number of carbonyl (C=O) groups is 4. The molecule has 0 fully saturated rings. The van der Waals surface area contributed by atoms with Crippen LogP contribution in [0.2, 0.25) is 0 Å². The van der Waals surface area contributed by atoms with Gasteiger partial charge < -0.3 is 35.1 Å². The van der Waals surface area contributed by atoms with E-state index in [9.17, 15) is 34.7 Å². The number of nitriles is 1. The van der Waals surface area contributed by atoms with Crippen molar-refractivity contribution in [2.45, 2.75) is 50.7 Å². The maximum absolute atomic E-state index is 13.2. The third-order valence-electron chi connectivity index (χ3n) is 9.00. The summed E-state index contributed by atoms with van der Waals surface area (Å²) >= 11 is 0. The van der Waals surface area contributed by atoms with Gasteiger partial charge in [-0.05, 0) is 85.5 Å². The highest BCUT2D eigenvalue weighted by atomic mass is 16.6. The van der Waals surface area contributed by atoms with Crippen LogP contribution < -0.4 is 20.1 Å². The molecule has 1 spiro atoms. The number of hydrogen-bond donors (Lipinski definition) is 4. The standard InChI is InChI=1S/C41H35N3O9/c1-2-3-7-35(47)31(23-42)39(49)44-26-10-14-29(15-11-26)51-19-6-4-5-8-38(48)43-24-25-9-16-30-34(20-25)41(53-40(30)50)32-17-12-27(45)21-36(32)52-37-22-28(46)13-18-33(37)41/h1,9-18,20-22,31,45-46H,3-8,19,24H2,(H,43,48)(H,44,49). The molecule has 2 amide bonds. The number of ketones is 1. The van der Waals surface area contributed by atoms with E-state index in [1.54, 1.807) is 54.6 Å². The zero-order chi connectivity index (χ0) is 37.5. The number of terminal acetylenes is 1. The van der Waals surface area contributed by atoms with E-state index in [0.717, 1.165) is 12.0 Å². The number of esters is 1. The summed E-state index contributed by atoms with van der Waals surface area (Å²) < 4.78 is 17.9. The minimum atomic E-state index is -1.43. The van der Waals surface area contributed by atoms with Gasteiger partial charge in [-0.1, -0.05) is 6.07 Å². The second kappa shape index (κ2) is 15.6. The van der Waals surface area contributed by atoms with Crippen molar-refractivity contribution in [3.05, 3.63) is 107 Å². The fraction of sp³-hybridized carbons (Fsp3) is 0.244. The van der Waals surface area contributed by atoms with Crippen LogP contribution in [0.5, 0.6) is 28.7 Å². The summed E-state index contributed by atoms with van der Waals surface area (Å²) in [6.07, 6.45) is 7.68. The van der Waals surface area contributed by atoms with Crippen LogP contribution in [0.3, 0.4) is 0 Å². The van der Waals surface area contributed by atoms with Crippen LogP contribution in [0.4, 0.5) is 5.69 Å². The predicted octanol–water partition coefficient (Wildman–Crippen LogP) is 5.98. The van der Waals surface area contributed by atoms with Gasteiger partial charge in [-0.3, -0.25) is 14.4 Å². The van der Waals surface area contributed by atoms with Gasteiger partial charge in [-0.15, -0.1) is 12.3 Å². The molecule has 0 saturated carbocycles. The minimum absolute atomic E-state index is 0.0358. The number of phenolic OH excluding ortho intramolecular Hbond substituents is 2. The van der Waals surface area contributed by atoms with Crippen molar-refractivity contribution < 1.29 is 43.6 Å². The Kier molecular flexibility index (Phi) is 10.6.